The lowest BCUT2D eigenvalue weighted by Crippen LogP contribution is -2.44. The number of nitrogens with zero attached hydrogens (tertiary/aromatic N) is 1. The molecular weight excluding hydrogens is 270 g/mol. The Bertz CT molecular complexity index is 299. The van der Waals surface area contributed by atoms with Gasteiger partial charge in [0, 0.05) is 25.4 Å². The predicted molar refractivity (Wildman–Crippen MR) is 87.4 cm³/mol. The molecule has 2 aliphatic rings. The molecule has 1 saturated heterocycles. The second-order valence-electron chi connectivity index (χ2n) is 5.93. The van der Waals surface area contributed by atoms with Crippen molar-refractivity contribution in [2.24, 2.45) is 10.9 Å². The Morgan fingerprint density at radius 2 is 2.00 bits per heavy atom. The van der Waals surface area contributed by atoms with Crippen molar-refractivity contribution in [1.82, 2.24) is 10.6 Å². The number of hydrogen-bond donors (Lipinski definition) is 3. The molecule has 4 nitrogen and oxygen atoms in total. The number of guanidine groups is 1. The number of nitrogens with one attached hydrogen (secondary N) is 2. The summed E-state index contributed by atoms with van der Waals surface area (Å²) in [5, 5.41) is 17.6. The van der Waals surface area contributed by atoms with Crippen LogP contribution in [0, 0.1) is 5.92 Å². The van der Waals surface area contributed by atoms with Gasteiger partial charge in [-0.3, -0.25) is 4.99 Å². The summed E-state index contributed by atoms with van der Waals surface area (Å²) in [5.74, 6) is 2.59. The van der Waals surface area contributed by atoms with Crippen LogP contribution in [-0.4, -0.2) is 48.3 Å². The third-order valence-electron chi connectivity index (χ3n) is 4.42. The number of aliphatic hydroxyl groups is 1. The van der Waals surface area contributed by atoms with Crippen LogP contribution < -0.4 is 10.6 Å². The number of thioether (sulfide) groups is 1. The first-order chi connectivity index (χ1) is 9.79. The minimum absolute atomic E-state index is 0.241. The molecule has 2 rings (SSSR count). The van der Waals surface area contributed by atoms with E-state index in [1.54, 1.807) is 7.05 Å². The SMILES string of the molecule is CN=C(NCC1CCCS1)NCC(O)C1CCCCC1. The van der Waals surface area contributed by atoms with Crippen LogP contribution in [-0.2, 0) is 0 Å². The molecule has 0 amide bonds. The molecule has 116 valence electrons. The lowest BCUT2D eigenvalue weighted by atomic mass is 9.85. The standard InChI is InChI=1S/C15H29N3OS/c1-16-15(17-10-13-8-5-9-20-13)18-11-14(19)12-6-3-2-4-7-12/h12-14,19H,2-11H2,1H3,(H2,16,17,18). The number of hydrogen-bond acceptors (Lipinski definition) is 3. The van der Waals surface area contributed by atoms with Gasteiger partial charge in [-0.05, 0) is 37.4 Å². The maximum atomic E-state index is 10.2. The van der Waals surface area contributed by atoms with Crippen molar-refractivity contribution >= 4 is 17.7 Å². The topological polar surface area (TPSA) is 56.7 Å². The molecule has 0 aromatic carbocycles. The summed E-state index contributed by atoms with van der Waals surface area (Å²) in [6.07, 6.45) is 8.62. The maximum absolute atomic E-state index is 10.2. The lowest BCUT2D eigenvalue weighted by Gasteiger charge is -2.27. The predicted octanol–water partition coefficient (Wildman–Crippen LogP) is 1.99. The van der Waals surface area contributed by atoms with Crippen molar-refractivity contribution in [1.29, 1.82) is 0 Å². The highest BCUT2D eigenvalue weighted by Crippen LogP contribution is 2.26. The second-order valence-corrected chi connectivity index (χ2v) is 7.34. The molecule has 1 aliphatic heterocycles. The number of aliphatic imine (C=N–C) groups is 1. The molecule has 1 heterocycles. The molecule has 1 saturated carbocycles. The first kappa shape index (κ1) is 16.0. The van der Waals surface area contributed by atoms with Gasteiger partial charge in [-0.1, -0.05) is 19.3 Å². The summed E-state index contributed by atoms with van der Waals surface area (Å²) < 4.78 is 0. The highest BCUT2D eigenvalue weighted by Gasteiger charge is 2.22. The minimum Gasteiger partial charge on any atom is -0.391 e. The van der Waals surface area contributed by atoms with E-state index in [-0.39, 0.29) is 6.10 Å². The first-order valence-corrected chi connectivity index (χ1v) is 9.08. The monoisotopic (exact) mass is 299 g/mol. The van der Waals surface area contributed by atoms with Crippen LogP contribution in [0.5, 0.6) is 0 Å². The summed E-state index contributed by atoms with van der Waals surface area (Å²) in [4.78, 5) is 4.24. The Hall–Kier alpha value is -0.420. The van der Waals surface area contributed by atoms with Gasteiger partial charge in [-0.15, -0.1) is 0 Å². The third kappa shape index (κ3) is 5.17. The van der Waals surface area contributed by atoms with Gasteiger partial charge in [0.05, 0.1) is 6.10 Å². The zero-order valence-electron chi connectivity index (χ0n) is 12.6. The first-order valence-electron chi connectivity index (χ1n) is 8.04. The molecule has 20 heavy (non-hydrogen) atoms. The van der Waals surface area contributed by atoms with Gasteiger partial charge in [0.15, 0.2) is 5.96 Å². The Morgan fingerprint density at radius 1 is 1.20 bits per heavy atom. The molecule has 5 heteroatoms. The Morgan fingerprint density at radius 3 is 2.65 bits per heavy atom. The quantitative estimate of drug-likeness (QED) is 0.537. The van der Waals surface area contributed by atoms with Gasteiger partial charge < -0.3 is 15.7 Å². The van der Waals surface area contributed by atoms with Crippen LogP contribution >= 0.6 is 11.8 Å². The van der Waals surface area contributed by atoms with Gasteiger partial charge in [0.1, 0.15) is 0 Å². The third-order valence-corrected chi connectivity index (χ3v) is 5.82. The zero-order chi connectivity index (χ0) is 14.2. The molecule has 1 aliphatic carbocycles. The molecule has 2 atom stereocenters. The molecule has 3 N–H and O–H groups in total. The Kier molecular flexibility index (Phi) is 7.00. The highest BCUT2D eigenvalue weighted by molar-refractivity contribution is 8.00. The van der Waals surface area contributed by atoms with Crippen LogP contribution in [0.25, 0.3) is 0 Å². The van der Waals surface area contributed by atoms with Crippen molar-refractivity contribution in [3.63, 3.8) is 0 Å². The Balaban J connectivity index is 1.64. The van der Waals surface area contributed by atoms with Crippen LogP contribution in [0.2, 0.25) is 0 Å². The fraction of sp³-hybridized carbons (Fsp3) is 0.933. The van der Waals surface area contributed by atoms with Crippen molar-refractivity contribution in [3.8, 4) is 0 Å². The summed E-state index contributed by atoms with van der Waals surface area (Å²) in [7, 11) is 1.80. The molecular formula is C15H29N3OS. The van der Waals surface area contributed by atoms with E-state index < -0.39 is 0 Å². The van der Waals surface area contributed by atoms with E-state index in [9.17, 15) is 5.11 Å². The van der Waals surface area contributed by atoms with E-state index in [0.29, 0.717) is 12.5 Å². The van der Waals surface area contributed by atoms with E-state index in [0.717, 1.165) is 17.8 Å². The van der Waals surface area contributed by atoms with Gasteiger partial charge >= 0.3 is 0 Å². The zero-order valence-corrected chi connectivity index (χ0v) is 13.4. The summed E-state index contributed by atoms with van der Waals surface area (Å²) in [5.41, 5.74) is 0. The van der Waals surface area contributed by atoms with Crippen molar-refractivity contribution in [3.05, 3.63) is 0 Å². The van der Waals surface area contributed by atoms with E-state index in [1.807, 2.05) is 11.8 Å². The second kappa shape index (κ2) is 8.78. The highest BCUT2D eigenvalue weighted by atomic mass is 32.2. The molecule has 0 aromatic heterocycles. The maximum Gasteiger partial charge on any atom is 0.191 e. The van der Waals surface area contributed by atoms with E-state index in [1.165, 1.54) is 50.7 Å². The van der Waals surface area contributed by atoms with Gasteiger partial charge in [-0.25, -0.2) is 0 Å². The fourth-order valence-electron chi connectivity index (χ4n) is 3.12. The van der Waals surface area contributed by atoms with Crippen LogP contribution in [0.4, 0.5) is 0 Å². The van der Waals surface area contributed by atoms with E-state index in [2.05, 4.69) is 15.6 Å². The fourth-order valence-corrected chi connectivity index (χ4v) is 4.32. The molecule has 0 bridgehead atoms. The van der Waals surface area contributed by atoms with Crippen LogP contribution in [0.1, 0.15) is 44.9 Å². The smallest absolute Gasteiger partial charge is 0.191 e. The molecule has 0 radical (unpaired) electrons. The Labute approximate surface area is 127 Å². The van der Waals surface area contributed by atoms with E-state index >= 15 is 0 Å². The number of aliphatic hydroxyl groups excluding tert-OH is 1. The summed E-state index contributed by atoms with van der Waals surface area (Å²) in [6.45, 7) is 1.59. The van der Waals surface area contributed by atoms with Gasteiger partial charge in [0.2, 0.25) is 0 Å². The lowest BCUT2D eigenvalue weighted by molar-refractivity contribution is 0.0880. The van der Waals surface area contributed by atoms with Gasteiger partial charge in [0.25, 0.3) is 0 Å². The van der Waals surface area contributed by atoms with Crippen LogP contribution in [0.15, 0.2) is 4.99 Å². The summed E-state index contributed by atoms with van der Waals surface area (Å²) >= 11 is 2.05. The van der Waals surface area contributed by atoms with Crippen molar-refractivity contribution in [2.45, 2.75) is 56.3 Å². The average molecular weight is 299 g/mol. The molecule has 2 fully saturated rings. The van der Waals surface area contributed by atoms with Gasteiger partial charge in [-0.2, -0.15) is 11.8 Å². The van der Waals surface area contributed by atoms with E-state index in [4.69, 9.17) is 0 Å². The molecule has 0 aromatic rings. The summed E-state index contributed by atoms with van der Waals surface area (Å²) in [6, 6.07) is 0. The molecule has 0 spiro atoms. The normalized spacial score (nSPS) is 26.5. The van der Waals surface area contributed by atoms with Crippen LogP contribution in [0.3, 0.4) is 0 Å². The average Bonchev–Trinajstić information content (AvgIpc) is 3.01. The number of rotatable bonds is 5. The molecule has 2 unspecified atom stereocenters. The van der Waals surface area contributed by atoms with Crippen molar-refractivity contribution in [2.75, 3.05) is 25.9 Å². The largest absolute Gasteiger partial charge is 0.391 e. The minimum atomic E-state index is -0.241. The van der Waals surface area contributed by atoms with Crippen molar-refractivity contribution < 1.29 is 5.11 Å².